The smallest absolute Gasteiger partial charge is 0.256 e. The molecule has 3 aromatic rings. The highest BCUT2D eigenvalue weighted by Crippen LogP contribution is 2.25. The predicted molar refractivity (Wildman–Crippen MR) is 104 cm³/mol. The Hall–Kier alpha value is -2.72. The number of hydrogen-bond acceptors (Lipinski definition) is 2. The minimum Gasteiger partial charge on any atom is -0.326 e. The summed E-state index contributed by atoms with van der Waals surface area (Å²) in [7, 11) is 0. The van der Waals surface area contributed by atoms with Crippen LogP contribution in [0.25, 0.3) is 16.3 Å². The number of halogens is 1. The van der Waals surface area contributed by atoms with E-state index in [1.54, 1.807) is 6.07 Å². The average molecular weight is 348 g/mol. The van der Waals surface area contributed by atoms with Crippen LogP contribution in [0.15, 0.2) is 59.4 Å². The Bertz CT molecular complexity index is 1040. The lowest BCUT2D eigenvalue weighted by molar-refractivity contribution is 0.294. The van der Waals surface area contributed by atoms with E-state index in [1.807, 2.05) is 13.0 Å². The number of aromatic nitrogens is 1. The molecular formula is C22H21FN2O. The first kappa shape index (κ1) is 16.7. The number of nitrogens with zero attached hydrogens (tertiary/aromatic N) is 1. The summed E-state index contributed by atoms with van der Waals surface area (Å²) in [6.07, 6.45) is 3.28. The summed E-state index contributed by atoms with van der Waals surface area (Å²) in [5, 5.41) is 1.26. The number of hydrogen-bond donors (Lipinski definition) is 1. The Morgan fingerprint density at radius 2 is 1.92 bits per heavy atom. The molecule has 0 saturated carbocycles. The van der Waals surface area contributed by atoms with Crippen molar-refractivity contribution in [3.8, 4) is 0 Å². The van der Waals surface area contributed by atoms with Crippen LogP contribution in [0.2, 0.25) is 0 Å². The monoisotopic (exact) mass is 348 g/mol. The number of nitrogens with one attached hydrogen (secondary N) is 1. The van der Waals surface area contributed by atoms with Gasteiger partial charge in [-0.2, -0.15) is 0 Å². The Morgan fingerprint density at radius 3 is 2.65 bits per heavy atom. The van der Waals surface area contributed by atoms with Crippen molar-refractivity contribution in [3.05, 3.63) is 87.6 Å². The number of aryl methyl sites for hydroxylation is 1. The molecule has 0 amide bonds. The molecule has 4 rings (SSSR count). The Labute approximate surface area is 151 Å². The largest absolute Gasteiger partial charge is 0.326 e. The molecule has 0 atom stereocenters. The Kier molecular flexibility index (Phi) is 4.43. The van der Waals surface area contributed by atoms with E-state index in [0.717, 1.165) is 42.7 Å². The van der Waals surface area contributed by atoms with E-state index in [4.69, 9.17) is 0 Å². The summed E-state index contributed by atoms with van der Waals surface area (Å²) in [5.41, 5.74) is 4.36. The van der Waals surface area contributed by atoms with E-state index in [1.165, 1.54) is 23.3 Å². The van der Waals surface area contributed by atoms with Crippen LogP contribution in [0.5, 0.6) is 0 Å². The number of H-pyrrole nitrogens is 1. The number of fused-ring (bicyclic) bond motifs is 1. The maximum atomic E-state index is 13.5. The minimum atomic E-state index is -0.383. The molecule has 0 saturated heterocycles. The van der Waals surface area contributed by atoms with Crippen molar-refractivity contribution in [1.29, 1.82) is 0 Å². The number of benzene rings is 2. The summed E-state index contributed by atoms with van der Waals surface area (Å²) in [4.78, 5) is 17.4. The van der Waals surface area contributed by atoms with Gasteiger partial charge in [-0.15, -0.1) is 0 Å². The first-order valence-electron chi connectivity index (χ1n) is 8.89. The first-order chi connectivity index (χ1) is 12.6. The quantitative estimate of drug-likeness (QED) is 0.767. The maximum Gasteiger partial charge on any atom is 0.256 e. The molecule has 2 heterocycles. The third-order valence-electron chi connectivity index (χ3n) is 5.12. The molecular weight excluding hydrogens is 327 g/mol. The summed E-state index contributed by atoms with van der Waals surface area (Å²) < 4.78 is 13.5. The van der Waals surface area contributed by atoms with Crippen LogP contribution in [0.4, 0.5) is 4.39 Å². The van der Waals surface area contributed by atoms with Gasteiger partial charge in [-0.3, -0.25) is 9.69 Å². The topological polar surface area (TPSA) is 36.1 Å². The lowest BCUT2D eigenvalue weighted by atomic mass is 9.98. The van der Waals surface area contributed by atoms with Gasteiger partial charge in [0.1, 0.15) is 5.82 Å². The van der Waals surface area contributed by atoms with Gasteiger partial charge in [0, 0.05) is 25.3 Å². The molecule has 1 aliphatic rings. The van der Waals surface area contributed by atoms with E-state index in [0.29, 0.717) is 5.39 Å². The van der Waals surface area contributed by atoms with Crippen LogP contribution in [0.3, 0.4) is 0 Å². The second-order valence-electron chi connectivity index (χ2n) is 6.83. The zero-order valence-corrected chi connectivity index (χ0v) is 14.8. The van der Waals surface area contributed by atoms with Crippen LogP contribution in [0.1, 0.15) is 23.2 Å². The van der Waals surface area contributed by atoms with Gasteiger partial charge >= 0.3 is 0 Å². The van der Waals surface area contributed by atoms with Gasteiger partial charge < -0.3 is 4.98 Å². The number of rotatable bonds is 3. The lowest BCUT2D eigenvalue weighted by Gasteiger charge is -2.27. The van der Waals surface area contributed by atoms with Crippen molar-refractivity contribution in [2.45, 2.75) is 19.9 Å². The van der Waals surface area contributed by atoms with E-state index in [2.05, 4.69) is 40.2 Å². The molecule has 132 valence electrons. The fourth-order valence-corrected chi connectivity index (χ4v) is 3.68. The van der Waals surface area contributed by atoms with Gasteiger partial charge in [0.25, 0.3) is 5.56 Å². The van der Waals surface area contributed by atoms with Crippen molar-refractivity contribution in [2.75, 3.05) is 13.1 Å². The summed E-state index contributed by atoms with van der Waals surface area (Å²) in [6.45, 7) is 4.48. The van der Waals surface area contributed by atoms with Crippen LogP contribution in [-0.2, 0) is 6.54 Å². The second-order valence-corrected chi connectivity index (χ2v) is 6.83. The van der Waals surface area contributed by atoms with Crippen LogP contribution < -0.4 is 5.56 Å². The van der Waals surface area contributed by atoms with E-state index >= 15 is 0 Å². The van der Waals surface area contributed by atoms with Crippen LogP contribution in [0, 0.1) is 12.7 Å². The van der Waals surface area contributed by atoms with Gasteiger partial charge in [0.05, 0.1) is 5.39 Å². The van der Waals surface area contributed by atoms with Crippen molar-refractivity contribution >= 4 is 16.3 Å². The third kappa shape index (κ3) is 3.20. The van der Waals surface area contributed by atoms with Crippen molar-refractivity contribution in [2.24, 2.45) is 0 Å². The second kappa shape index (κ2) is 6.89. The molecule has 1 N–H and O–H groups in total. The Balaban J connectivity index is 1.61. The zero-order valence-electron chi connectivity index (χ0n) is 14.8. The number of pyridine rings is 1. The molecule has 2 aromatic carbocycles. The van der Waals surface area contributed by atoms with Gasteiger partial charge in [-0.05, 0) is 47.6 Å². The molecule has 26 heavy (non-hydrogen) atoms. The lowest BCUT2D eigenvalue weighted by Crippen LogP contribution is -2.29. The molecule has 0 bridgehead atoms. The van der Waals surface area contributed by atoms with Crippen LogP contribution in [-0.4, -0.2) is 23.0 Å². The fourth-order valence-electron chi connectivity index (χ4n) is 3.68. The van der Waals surface area contributed by atoms with Gasteiger partial charge in [0.15, 0.2) is 0 Å². The molecule has 0 unspecified atom stereocenters. The Morgan fingerprint density at radius 1 is 1.12 bits per heavy atom. The average Bonchev–Trinajstić information content (AvgIpc) is 2.66. The number of aromatic amines is 1. The molecule has 4 heteroatoms. The highest BCUT2D eigenvalue weighted by Gasteiger charge is 2.16. The zero-order chi connectivity index (χ0) is 18.1. The molecule has 0 fully saturated rings. The summed E-state index contributed by atoms with van der Waals surface area (Å²) >= 11 is 0. The normalized spacial score (nSPS) is 15.2. The highest BCUT2D eigenvalue weighted by atomic mass is 19.1. The van der Waals surface area contributed by atoms with Gasteiger partial charge in [-0.25, -0.2) is 4.39 Å². The molecule has 0 spiro atoms. The highest BCUT2D eigenvalue weighted by molar-refractivity contribution is 5.85. The third-order valence-corrected chi connectivity index (χ3v) is 5.12. The molecule has 0 radical (unpaired) electrons. The standard InChI is InChI=1S/C22H21FN2O/c1-15-21(19-8-7-18(23)13-20(19)22(26)24-15)14-25-11-9-17(10-12-25)16-5-3-2-4-6-16/h2-9,13H,10-12,14H2,1H3,(H,24,26). The van der Waals surface area contributed by atoms with Crippen molar-refractivity contribution < 1.29 is 4.39 Å². The summed E-state index contributed by atoms with van der Waals surface area (Å²) in [6, 6.07) is 14.9. The minimum absolute atomic E-state index is 0.231. The van der Waals surface area contributed by atoms with Gasteiger partial charge in [0.2, 0.25) is 0 Å². The first-order valence-corrected chi connectivity index (χ1v) is 8.89. The van der Waals surface area contributed by atoms with Crippen molar-refractivity contribution in [3.63, 3.8) is 0 Å². The van der Waals surface area contributed by atoms with E-state index < -0.39 is 0 Å². The molecule has 0 aliphatic carbocycles. The van der Waals surface area contributed by atoms with Gasteiger partial charge in [-0.1, -0.05) is 42.5 Å². The SMILES string of the molecule is Cc1[nH]c(=O)c2cc(F)ccc2c1CN1CC=C(c2ccccc2)CC1. The van der Waals surface area contributed by atoms with E-state index in [-0.39, 0.29) is 11.4 Å². The molecule has 3 nitrogen and oxygen atoms in total. The van der Waals surface area contributed by atoms with E-state index in [9.17, 15) is 9.18 Å². The van der Waals surface area contributed by atoms with Crippen LogP contribution >= 0.6 is 0 Å². The summed E-state index contributed by atoms with van der Waals surface area (Å²) in [5.74, 6) is -0.383. The molecule has 1 aromatic heterocycles. The maximum absolute atomic E-state index is 13.5. The van der Waals surface area contributed by atoms with Crippen molar-refractivity contribution in [1.82, 2.24) is 9.88 Å². The predicted octanol–water partition coefficient (Wildman–Crippen LogP) is 4.26. The molecule has 1 aliphatic heterocycles. The fraction of sp³-hybridized carbons (Fsp3) is 0.227.